The number of nitrogen functional groups attached to an aromatic ring is 1. The lowest BCUT2D eigenvalue weighted by Gasteiger charge is -1.99. The lowest BCUT2D eigenvalue weighted by molar-refractivity contribution is 0.0703. The Labute approximate surface area is 104 Å². The van der Waals surface area contributed by atoms with Gasteiger partial charge in [-0.05, 0) is 23.7 Å². The molecule has 0 spiro atoms. The summed E-state index contributed by atoms with van der Waals surface area (Å²) in [6.07, 6.45) is 0. The lowest BCUT2D eigenvalue weighted by atomic mass is 10.1. The highest BCUT2D eigenvalue weighted by molar-refractivity contribution is 9.10. The van der Waals surface area contributed by atoms with E-state index in [2.05, 4.69) is 20.3 Å². The van der Waals surface area contributed by atoms with Crippen molar-refractivity contribution in [2.24, 2.45) is 0 Å². The van der Waals surface area contributed by atoms with E-state index in [0.29, 0.717) is 5.69 Å². The highest BCUT2D eigenvalue weighted by atomic mass is 79.9. The number of nitrogens with two attached hydrogens (primary N) is 1. The monoisotopic (exact) mass is 298 g/mol. The molecule has 0 aliphatic carbocycles. The van der Waals surface area contributed by atoms with Gasteiger partial charge in [-0.25, -0.2) is 4.79 Å². The van der Waals surface area contributed by atoms with Crippen LogP contribution in [-0.4, -0.2) is 15.4 Å². The Morgan fingerprint density at radius 3 is 2.50 bits per heavy atom. The van der Waals surface area contributed by atoms with Crippen LogP contribution in [0.4, 0.5) is 5.69 Å². The number of anilines is 1. The maximum Gasteiger partial charge on any atom is 0.349 e. The van der Waals surface area contributed by atoms with E-state index in [9.17, 15) is 4.79 Å². The van der Waals surface area contributed by atoms with E-state index in [-0.39, 0.29) is 10.6 Å². The second-order valence-electron chi connectivity index (χ2n) is 3.09. The molecule has 4 nitrogen and oxygen atoms in total. The molecule has 2 aromatic rings. The number of halogens is 1. The quantitative estimate of drug-likeness (QED) is 0.894. The Hall–Kier alpha value is -1.40. The van der Waals surface area contributed by atoms with Crippen molar-refractivity contribution in [1.82, 2.24) is 4.37 Å². The topological polar surface area (TPSA) is 76.2 Å². The molecule has 16 heavy (non-hydrogen) atoms. The largest absolute Gasteiger partial charge is 0.477 e. The van der Waals surface area contributed by atoms with Crippen molar-refractivity contribution >= 4 is 39.1 Å². The second-order valence-corrected chi connectivity index (χ2v) is 4.78. The van der Waals surface area contributed by atoms with Gasteiger partial charge in [0.15, 0.2) is 4.88 Å². The van der Waals surface area contributed by atoms with Gasteiger partial charge in [0.25, 0.3) is 0 Å². The van der Waals surface area contributed by atoms with Crippen LogP contribution in [0.15, 0.2) is 28.7 Å². The van der Waals surface area contributed by atoms with Gasteiger partial charge in [0, 0.05) is 10.0 Å². The molecule has 0 amide bonds. The fourth-order valence-corrected chi connectivity index (χ4v) is 2.19. The Balaban J connectivity index is 2.49. The van der Waals surface area contributed by atoms with Crippen molar-refractivity contribution < 1.29 is 9.90 Å². The highest BCUT2D eigenvalue weighted by Crippen LogP contribution is 2.31. The molecule has 0 aliphatic rings. The normalized spacial score (nSPS) is 10.3. The minimum Gasteiger partial charge on any atom is -0.477 e. The van der Waals surface area contributed by atoms with Gasteiger partial charge in [0.2, 0.25) is 0 Å². The standard InChI is InChI=1S/C10H7BrN2O2S/c11-6-3-1-5(2-4-6)8-7(12)9(10(14)15)16-13-8/h1-4H,12H2,(H,14,15). The molecule has 6 heteroatoms. The molecule has 3 N–H and O–H groups in total. The number of carboxylic acid groups (broad SMARTS) is 1. The Morgan fingerprint density at radius 1 is 1.38 bits per heavy atom. The first-order valence-electron chi connectivity index (χ1n) is 4.34. The molecule has 0 radical (unpaired) electrons. The van der Waals surface area contributed by atoms with Crippen LogP contribution in [0, 0.1) is 0 Å². The van der Waals surface area contributed by atoms with Crippen molar-refractivity contribution in [1.29, 1.82) is 0 Å². The molecule has 1 aromatic heterocycles. The first-order chi connectivity index (χ1) is 7.59. The number of carboxylic acids is 1. The molecule has 0 aliphatic heterocycles. The number of benzene rings is 1. The number of rotatable bonds is 2. The summed E-state index contributed by atoms with van der Waals surface area (Å²) < 4.78 is 5.01. The van der Waals surface area contributed by atoms with Crippen LogP contribution < -0.4 is 5.73 Å². The van der Waals surface area contributed by atoms with Crippen LogP contribution in [0.25, 0.3) is 11.3 Å². The van der Waals surface area contributed by atoms with Crippen LogP contribution in [0.5, 0.6) is 0 Å². The Morgan fingerprint density at radius 2 is 2.00 bits per heavy atom. The zero-order chi connectivity index (χ0) is 11.7. The molecule has 0 atom stereocenters. The molecule has 1 aromatic carbocycles. The van der Waals surface area contributed by atoms with E-state index in [1.54, 1.807) is 0 Å². The fourth-order valence-electron chi connectivity index (χ4n) is 1.27. The molecular weight excluding hydrogens is 292 g/mol. The van der Waals surface area contributed by atoms with Crippen molar-refractivity contribution in [3.63, 3.8) is 0 Å². The molecule has 82 valence electrons. The highest BCUT2D eigenvalue weighted by Gasteiger charge is 2.17. The number of nitrogens with zero attached hydrogens (tertiary/aromatic N) is 1. The van der Waals surface area contributed by atoms with Crippen molar-refractivity contribution in [2.75, 3.05) is 5.73 Å². The predicted molar refractivity (Wildman–Crippen MR) is 66.6 cm³/mol. The van der Waals surface area contributed by atoms with Crippen molar-refractivity contribution in [2.45, 2.75) is 0 Å². The third kappa shape index (κ3) is 1.94. The third-order valence-corrected chi connectivity index (χ3v) is 3.42. The molecular formula is C10H7BrN2O2S. The Bertz CT molecular complexity index is 536. The maximum absolute atomic E-state index is 10.8. The van der Waals surface area contributed by atoms with Gasteiger partial charge in [-0.15, -0.1) is 0 Å². The van der Waals surface area contributed by atoms with Crippen LogP contribution >= 0.6 is 27.5 Å². The van der Waals surface area contributed by atoms with Gasteiger partial charge in [0.05, 0.1) is 5.69 Å². The van der Waals surface area contributed by atoms with E-state index >= 15 is 0 Å². The first kappa shape index (κ1) is 11.1. The minimum atomic E-state index is -1.04. The number of hydrogen-bond donors (Lipinski definition) is 2. The fraction of sp³-hybridized carbons (Fsp3) is 0. The predicted octanol–water partition coefficient (Wildman–Crippen LogP) is 2.85. The number of aromatic nitrogens is 1. The second kappa shape index (κ2) is 4.23. The third-order valence-electron chi connectivity index (χ3n) is 2.04. The zero-order valence-electron chi connectivity index (χ0n) is 7.98. The average molecular weight is 299 g/mol. The van der Waals surface area contributed by atoms with E-state index in [1.807, 2.05) is 24.3 Å². The lowest BCUT2D eigenvalue weighted by Crippen LogP contribution is -1.98. The summed E-state index contributed by atoms with van der Waals surface area (Å²) in [5, 5.41) is 8.85. The van der Waals surface area contributed by atoms with Crippen molar-refractivity contribution in [3.05, 3.63) is 33.6 Å². The van der Waals surface area contributed by atoms with Gasteiger partial charge in [0.1, 0.15) is 5.69 Å². The van der Waals surface area contributed by atoms with E-state index in [1.165, 1.54) is 0 Å². The number of hydrogen-bond acceptors (Lipinski definition) is 4. The van der Waals surface area contributed by atoms with Gasteiger partial charge in [-0.2, -0.15) is 4.37 Å². The summed E-state index contributed by atoms with van der Waals surface area (Å²) >= 11 is 4.22. The molecule has 0 saturated heterocycles. The summed E-state index contributed by atoms with van der Waals surface area (Å²) in [6, 6.07) is 7.38. The Kier molecular flexibility index (Phi) is 2.93. The van der Waals surface area contributed by atoms with Gasteiger partial charge >= 0.3 is 5.97 Å². The van der Waals surface area contributed by atoms with Crippen LogP contribution in [0.1, 0.15) is 9.67 Å². The molecule has 0 bridgehead atoms. The number of aromatic carboxylic acids is 1. The first-order valence-corrected chi connectivity index (χ1v) is 5.90. The smallest absolute Gasteiger partial charge is 0.349 e. The van der Waals surface area contributed by atoms with E-state index < -0.39 is 5.97 Å². The van der Waals surface area contributed by atoms with Crippen molar-refractivity contribution in [3.8, 4) is 11.3 Å². The summed E-state index contributed by atoms with van der Waals surface area (Å²) in [5.41, 5.74) is 7.28. The van der Waals surface area contributed by atoms with E-state index in [0.717, 1.165) is 21.6 Å². The van der Waals surface area contributed by atoms with Gasteiger partial charge in [-0.1, -0.05) is 28.1 Å². The van der Waals surface area contributed by atoms with Crippen LogP contribution in [0.2, 0.25) is 0 Å². The molecule has 1 heterocycles. The summed E-state index contributed by atoms with van der Waals surface area (Å²) in [7, 11) is 0. The van der Waals surface area contributed by atoms with Crippen LogP contribution in [-0.2, 0) is 0 Å². The SMILES string of the molecule is Nc1c(-c2ccc(Br)cc2)nsc1C(=O)O. The summed E-state index contributed by atoms with van der Waals surface area (Å²) in [6.45, 7) is 0. The van der Waals surface area contributed by atoms with Crippen LogP contribution in [0.3, 0.4) is 0 Å². The molecule has 0 unspecified atom stereocenters. The summed E-state index contributed by atoms with van der Waals surface area (Å²) in [4.78, 5) is 10.9. The average Bonchev–Trinajstić information content (AvgIpc) is 2.61. The van der Waals surface area contributed by atoms with E-state index in [4.69, 9.17) is 10.8 Å². The number of carbonyl (C=O) groups is 1. The summed E-state index contributed by atoms with van der Waals surface area (Å²) in [5.74, 6) is -1.04. The van der Waals surface area contributed by atoms with Gasteiger partial charge < -0.3 is 10.8 Å². The van der Waals surface area contributed by atoms with Gasteiger partial charge in [-0.3, -0.25) is 0 Å². The molecule has 2 rings (SSSR count). The minimum absolute atomic E-state index is 0.0814. The zero-order valence-corrected chi connectivity index (χ0v) is 10.4. The maximum atomic E-state index is 10.8. The molecule has 0 saturated carbocycles. The molecule has 0 fully saturated rings.